The lowest BCUT2D eigenvalue weighted by Crippen LogP contribution is -2.48. The maximum atomic E-state index is 10.7. The second-order valence-corrected chi connectivity index (χ2v) is 6.47. The van der Waals surface area contributed by atoms with Gasteiger partial charge in [-0.15, -0.1) is 0 Å². The Morgan fingerprint density at radius 2 is 2.32 bits per heavy atom. The zero-order valence-corrected chi connectivity index (χ0v) is 11.8. The van der Waals surface area contributed by atoms with E-state index < -0.39 is 5.60 Å². The van der Waals surface area contributed by atoms with Crippen LogP contribution in [0.25, 0.3) is 0 Å². The molecule has 0 bridgehead atoms. The van der Waals surface area contributed by atoms with Gasteiger partial charge in [-0.2, -0.15) is 5.10 Å². The predicted molar refractivity (Wildman–Crippen MR) is 74.6 cm³/mol. The molecule has 1 aromatic rings. The van der Waals surface area contributed by atoms with Gasteiger partial charge in [0.15, 0.2) is 0 Å². The minimum Gasteiger partial charge on any atom is -0.390 e. The van der Waals surface area contributed by atoms with Crippen LogP contribution in [0.1, 0.15) is 51.1 Å². The van der Waals surface area contributed by atoms with Crippen LogP contribution in [0, 0.1) is 5.92 Å². The highest BCUT2D eigenvalue weighted by Gasteiger charge is 2.43. The molecule has 106 valence electrons. The van der Waals surface area contributed by atoms with Crippen LogP contribution < -0.4 is 0 Å². The number of likely N-dealkylation sites (tertiary alicyclic amines) is 1. The maximum absolute atomic E-state index is 10.7. The van der Waals surface area contributed by atoms with Crippen molar-refractivity contribution in [3.05, 3.63) is 18.0 Å². The summed E-state index contributed by atoms with van der Waals surface area (Å²) in [7, 11) is 0. The number of hydrogen-bond acceptors (Lipinski definition) is 3. The van der Waals surface area contributed by atoms with E-state index in [1.165, 1.54) is 37.8 Å². The summed E-state index contributed by atoms with van der Waals surface area (Å²) < 4.78 is 0. The molecule has 1 aliphatic carbocycles. The van der Waals surface area contributed by atoms with Gasteiger partial charge in [0, 0.05) is 30.4 Å². The Kier molecular flexibility index (Phi) is 3.63. The molecule has 4 nitrogen and oxygen atoms in total. The van der Waals surface area contributed by atoms with Crippen molar-refractivity contribution >= 4 is 0 Å². The summed E-state index contributed by atoms with van der Waals surface area (Å²) in [5, 5.41) is 17.8. The van der Waals surface area contributed by atoms with Crippen LogP contribution in [0.15, 0.2) is 12.3 Å². The van der Waals surface area contributed by atoms with Crippen molar-refractivity contribution in [3.63, 3.8) is 0 Å². The number of rotatable bonds is 3. The van der Waals surface area contributed by atoms with E-state index in [4.69, 9.17) is 0 Å². The zero-order valence-electron chi connectivity index (χ0n) is 11.8. The third kappa shape index (κ3) is 2.70. The van der Waals surface area contributed by atoms with Crippen molar-refractivity contribution in [2.75, 3.05) is 6.54 Å². The topological polar surface area (TPSA) is 52.1 Å². The minimum absolute atomic E-state index is 0.437. The Hall–Kier alpha value is -0.870. The van der Waals surface area contributed by atoms with Gasteiger partial charge in [-0.3, -0.25) is 10.00 Å². The third-order valence-electron chi connectivity index (χ3n) is 5.06. The Morgan fingerprint density at radius 1 is 1.42 bits per heavy atom. The molecule has 19 heavy (non-hydrogen) atoms. The average Bonchev–Trinajstić information content (AvgIpc) is 3.01. The average molecular weight is 263 g/mol. The molecule has 0 aromatic carbocycles. The molecule has 3 atom stereocenters. The van der Waals surface area contributed by atoms with Crippen molar-refractivity contribution in [1.82, 2.24) is 15.1 Å². The third-order valence-corrected chi connectivity index (χ3v) is 5.06. The summed E-state index contributed by atoms with van der Waals surface area (Å²) in [6, 6.07) is 2.59. The Labute approximate surface area is 115 Å². The number of aromatic nitrogens is 2. The van der Waals surface area contributed by atoms with Gasteiger partial charge in [-0.25, -0.2) is 0 Å². The summed E-state index contributed by atoms with van der Waals surface area (Å²) in [5.74, 6) is 0.437. The second-order valence-electron chi connectivity index (χ2n) is 6.47. The van der Waals surface area contributed by atoms with Gasteiger partial charge in [-0.05, 0) is 45.2 Å². The summed E-state index contributed by atoms with van der Waals surface area (Å²) >= 11 is 0. The molecular weight excluding hydrogens is 238 g/mol. The molecule has 1 saturated carbocycles. The highest BCUT2D eigenvalue weighted by Crippen LogP contribution is 2.40. The van der Waals surface area contributed by atoms with Gasteiger partial charge in [0.2, 0.25) is 0 Å². The summed E-state index contributed by atoms with van der Waals surface area (Å²) in [6.07, 6.45) is 8.90. The van der Waals surface area contributed by atoms with E-state index >= 15 is 0 Å². The van der Waals surface area contributed by atoms with Crippen LogP contribution in [-0.4, -0.2) is 38.4 Å². The normalized spacial score (nSPS) is 36.7. The first-order valence-electron chi connectivity index (χ1n) is 7.61. The molecule has 3 rings (SSSR count). The lowest BCUT2D eigenvalue weighted by Gasteiger charge is -2.43. The van der Waals surface area contributed by atoms with Crippen LogP contribution in [-0.2, 0) is 6.54 Å². The lowest BCUT2D eigenvalue weighted by atomic mass is 9.72. The quantitative estimate of drug-likeness (QED) is 0.880. The van der Waals surface area contributed by atoms with E-state index in [-0.39, 0.29) is 0 Å². The Morgan fingerprint density at radius 3 is 3.05 bits per heavy atom. The number of aliphatic hydroxyl groups is 1. The fraction of sp³-hybridized carbons (Fsp3) is 0.800. The van der Waals surface area contributed by atoms with Gasteiger partial charge in [0.05, 0.1) is 5.60 Å². The molecule has 2 fully saturated rings. The predicted octanol–water partition coefficient (Wildman–Crippen LogP) is 2.32. The number of aromatic amines is 1. The van der Waals surface area contributed by atoms with E-state index in [0.29, 0.717) is 12.0 Å². The zero-order chi connectivity index (χ0) is 13.3. The van der Waals surface area contributed by atoms with Gasteiger partial charge < -0.3 is 5.11 Å². The maximum Gasteiger partial charge on any atom is 0.0662 e. The smallest absolute Gasteiger partial charge is 0.0662 e. The SMILES string of the molecule is CC1(O)CCCCC1C1CCCN1Cc1ccn[nH]1. The number of nitrogens with zero attached hydrogens (tertiary/aromatic N) is 2. The lowest BCUT2D eigenvalue weighted by molar-refractivity contribution is -0.0629. The summed E-state index contributed by atoms with van der Waals surface area (Å²) in [6.45, 7) is 4.14. The van der Waals surface area contributed by atoms with E-state index in [1.54, 1.807) is 0 Å². The minimum atomic E-state index is -0.473. The van der Waals surface area contributed by atoms with E-state index in [9.17, 15) is 5.11 Å². The fourth-order valence-corrected chi connectivity index (χ4v) is 4.05. The first-order valence-corrected chi connectivity index (χ1v) is 7.61. The molecule has 4 heteroatoms. The van der Waals surface area contributed by atoms with Crippen molar-refractivity contribution in [2.24, 2.45) is 5.92 Å². The van der Waals surface area contributed by atoms with E-state index in [1.807, 2.05) is 19.2 Å². The monoisotopic (exact) mass is 263 g/mol. The van der Waals surface area contributed by atoms with Crippen LogP contribution >= 0.6 is 0 Å². The number of H-pyrrole nitrogens is 1. The molecule has 1 aliphatic heterocycles. The standard InChI is InChI=1S/C15H25N3O/c1-15(19)8-3-2-5-13(15)14-6-4-10-18(14)11-12-7-9-16-17-12/h7,9,13-14,19H,2-6,8,10-11H2,1H3,(H,16,17). The first kappa shape index (κ1) is 13.1. The van der Waals surface area contributed by atoms with Crippen molar-refractivity contribution in [3.8, 4) is 0 Å². The van der Waals surface area contributed by atoms with Gasteiger partial charge in [0.1, 0.15) is 0 Å². The molecule has 2 heterocycles. The van der Waals surface area contributed by atoms with E-state index in [0.717, 1.165) is 19.5 Å². The van der Waals surface area contributed by atoms with Gasteiger partial charge in [-0.1, -0.05) is 12.8 Å². The summed E-state index contributed by atoms with van der Waals surface area (Å²) in [5.41, 5.74) is 0.710. The van der Waals surface area contributed by atoms with Crippen molar-refractivity contribution in [1.29, 1.82) is 0 Å². The van der Waals surface area contributed by atoms with Crippen LogP contribution in [0.2, 0.25) is 0 Å². The van der Waals surface area contributed by atoms with Crippen molar-refractivity contribution < 1.29 is 5.11 Å². The molecule has 1 saturated heterocycles. The molecule has 2 N–H and O–H groups in total. The molecular formula is C15H25N3O. The van der Waals surface area contributed by atoms with Gasteiger partial charge >= 0.3 is 0 Å². The second kappa shape index (κ2) is 5.25. The highest BCUT2D eigenvalue weighted by atomic mass is 16.3. The fourth-order valence-electron chi connectivity index (χ4n) is 4.05. The molecule has 0 amide bonds. The largest absolute Gasteiger partial charge is 0.390 e. The van der Waals surface area contributed by atoms with Gasteiger partial charge in [0.25, 0.3) is 0 Å². The molecule has 1 aromatic heterocycles. The van der Waals surface area contributed by atoms with Crippen LogP contribution in [0.5, 0.6) is 0 Å². The molecule has 3 unspecified atom stereocenters. The van der Waals surface area contributed by atoms with Crippen LogP contribution in [0.4, 0.5) is 0 Å². The Balaban J connectivity index is 1.71. The highest BCUT2D eigenvalue weighted by molar-refractivity contribution is 5.01. The van der Waals surface area contributed by atoms with Crippen LogP contribution in [0.3, 0.4) is 0 Å². The van der Waals surface area contributed by atoms with E-state index in [2.05, 4.69) is 15.1 Å². The molecule has 0 spiro atoms. The Bertz CT molecular complexity index is 402. The number of nitrogens with one attached hydrogen (secondary N) is 1. The molecule has 0 radical (unpaired) electrons. The number of hydrogen-bond donors (Lipinski definition) is 2. The van der Waals surface area contributed by atoms with Crippen molar-refractivity contribution in [2.45, 2.75) is 63.6 Å². The first-order chi connectivity index (χ1) is 9.17. The summed E-state index contributed by atoms with van der Waals surface area (Å²) in [4.78, 5) is 2.54. The molecule has 2 aliphatic rings.